The normalized spacial score (nSPS) is 14.4. The van der Waals surface area contributed by atoms with Crippen LogP contribution in [0.5, 0.6) is 0 Å². The fourth-order valence-corrected chi connectivity index (χ4v) is 4.65. The smallest absolute Gasteiger partial charge is 0.167 e. The molecule has 8 heteroatoms. The molecule has 7 nitrogen and oxygen atoms in total. The van der Waals surface area contributed by atoms with Crippen molar-refractivity contribution in [3.05, 3.63) is 47.7 Å². The van der Waals surface area contributed by atoms with Gasteiger partial charge in [0, 0.05) is 17.5 Å². The number of nitrogens with one attached hydrogen (secondary N) is 1. The molecule has 5 rings (SSSR count). The fourth-order valence-electron chi connectivity index (χ4n) is 3.53. The van der Waals surface area contributed by atoms with Gasteiger partial charge in [-0.2, -0.15) is 10.2 Å². The molecule has 0 atom stereocenters. The number of allylic oxidation sites excluding steroid dienone is 1. The highest BCUT2D eigenvalue weighted by atomic mass is 32.1. The van der Waals surface area contributed by atoms with Crippen LogP contribution in [0, 0.1) is 6.92 Å². The Labute approximate surface area is 159 Å². The summed E-state index contributed by atoms with van der Waals surface area (Å²) in [6.45, 7) is 6.89. The first-order valence-corrected chi connectivity index (χ1v) is 9.47. The SMILES string of the molecule is CC1=NCC(C)=C1c1nc(-c2c(C)nn3ccccc23)sc1-c1ncn[nH]1. The van der Waals surface area contributed by atoms with Crippen LogP contribution >= 0.6 is 11.3 Å². The number of fused-ring (bicyclic) bond motifs is 1. The number of H-pyrrole nitrogens is 1. The van der Waals surface area contributed by atoms with Crippen molar-refractivity contribution < 1.29 is 0 Å². The van der Waals surface area contributed by atoms with Gasteiger partial charge in [-0.05, 0) is 38.5 Å². The van der Waals surface area contributed by atoms with Gasteiger partial charge in [0.05, 0.1) is 33.9 Å². The standard InChI is InChI=1S/C19H17N7S/c1-10-8-20-11(2)14(10)16-17(18-21-9-22-24-18)27-19(23-16)15-12(3)25-26-7-5-4-6-13(15)26/h4-7,9H,8H2,1-3H3,(H,21,22,24). The van der Waals surface area contributed by atoms with E-state index in [0.29, 0.717) is 0 Å². The molecule has 0 saturated carbocycles. The molecular weight excluding hydrogens is 358 g/mol. The minimum Gasteiger partial charge on any atom is -0.285 e. The first-order chi connectivity index (χ1) is 13.1. The van der Waals surface area contributed by atoms with Gasteiger partial charge in [-0.25, -0.2) is 14.5 Å². The van der Waals surface area contributed by atoms with E-state index in [4.69, 9.17) is 4.98 Å². The molecule has 4 aromatic heterocycles. The molecule has 27 heavy (non-hydrogen) atoms. The average Bonchev–Trinajstić information content (AvgIpc) is 3.40. The van der Waals surface area contributed by atoms with Crippen LogP contribution in [0.1, 0.15) is 25.2 Å². The lowest BCUT2D eigenvalue weighted by Gasteiger charge is -2.03. The molecule has 4 aromatic rings. The van der Waals surface area contributed by atoms with E-state index in [1.165, 1.54) is 11.9 Å². The summed E-state index contributed by atoms with van der Waals surface area (Å²) < 4.78 is 1.90. The number of pyridine rings is 1. The summed E-state index contributed by atoms with van der Waals surface area (Å²) in [7, 11) is 0. The van der Waals surface area contributed by atoms with E-state index in [0.717, 1.165) is 56.0 Å². The van der Waals surface area contributed by atoms with Crippen LogP contribution in [-0.4, -0.2) is 42.0 Å². The maximum absolute atomic E-state index is 5.04. The lowest BCUT2D eigenvalue weighted by molar-refractivity contribution is 0.934. The van der Waals surface area contributed by atoms with Crippen molar-refractivity contribution in [3.63, 3.8) is 0 Å². The molecular formula is C19H17N7S. The highest BCUT2D eigenvalue weighted by Crippen LogP contribution is 2.41. The first kappa shape index (κ1) is 16.1. The molecule has 0 radical (unpaired) electrons. The molecule has 0 bridgehead atoms. The second kappa shape index (κ2) is 5.95. The summed E-state index contributed by atoms with van der Waals surface area (Å²) in [6, 6.07) is 6.06. The Bertz CT molecular complexity index is 1220. The zero-order valence-electron chi connectivity index (χ0n) is 15.2. The molecule has 0 spiro atoms. The topological polar surface area (TPSA) is 84.1 Å². The van der Waals surface area contributed by atoms with Crippen LogP contribution in [0.25, 0.3) is 32.4 Å². The predicted octanol–water partition coefficient (Wildman–Crippen LogP) is 3.80. The Hall–Kier alpha value is -3.13. The maximum atomic E-state index is 5.04. The third kappa shape index (κ3) is 2.44. The van der Waals surface area contributed by atoms with Crippen molar-refractivity contribution in [1.29, 1.82) is 0 Å². The zero-order chi connectivity index (χ0) is 18.5. The third-order valence-corrected chi connectivity index (χ3v) is 5.84. The highest BCUT2D eigenvalue weighted by molar-refractivity contribution is 7.18. The van der Waals surface area contributed by atoms with E-state index in [1.807, 2.05) is 36.7 Å². The van der Waals surface area contributed by atoms with Crippen molar-refractivity contribution in [2.24, 2.45) is 4.99 Å². The third-order valence-electron chi connectivity index (χ3n) is 4.76. The maximum Gasteiger partial charge on any atom is 0.167 e. The van der Waals surface area contributed by atoms with Crippen LogP contribution < -0.4 is 0 Å². The monoisotopic (exact) mass is 375 g/mol. The van der Waals surface area contributed by atoms with E-state index in [-0.39, 0.29) is 0 Å². The van der Waals surface area contributed by atoms with Crippen LogP contribution in [0.2, 0.25) is 0 Å². The van der Waals surface area contributed by atoms with Crippen LogP contribution in [-0.2, 0) is 0 Å². The molecule has 0 unspecified atom stereocenters. The highest BCUT2D eigenvalue weighted by Gasteiger charge is 2.26. The molecule has 0 fully saturated rings. The Kier molecular flexibility index (Phi) is 3.54. The second-order valence-electron chi connectivity index (χ2n) is 6.58. The van der Waals surface area contributed by atoms with Crippen molar-refractivity contribution in [1.82, 2.24) is 29.8 Å². The van der Waals surface area contributed by atoms with E-state index < -0.39 is 0 Å². The Morgan fingerprint density at radius 3 is 2.81 bits per heavy atom. The molecule has 5 heterocycles. The number of aromatic nitrogens is 6. The van der Waals surface area contributed by atoms with Gasteiger partial charge in [-0.3, -0.25) is 10.1 Å². The number of hydrogen-bond donors (Lipinski definition) is 1. The van der Waals surface area contributed by atoms with E-state index in [9.17, 15) is 0 Å². The van der Waals surface area contributed by atoms with Gasteiger partial charge in [0.25, 0.3) is 0 Å². The minimum atomic E-state index is 0.722. The van der Waals surface area contributed by atoms with Crippen molar-refractivity contribution in [3.8, 4) is 21.3 Å². The quantitative estimate of drug-likeness (QED) is 0.590. The largest absolute Gasteiger partial charge is 0.285 e. The van der Waals surface area contributed by atoms with Gasteiger partial charge in [-0.1, -0.05) is 6.07 Å². The number of aromatic amines is 1. The Morgan fingerprint density at radius 2 is 2.07 bits per heavy atom. The van der Waals surface area contributed by atoms with Crippen LogP contribution in [0.4, 0.5) is 0 Å². The van der Waals surface area contributed by atoms with Gasteiger partial charge in [0.15, 0.2) is 5.82 Å². The van der Waals surface area contributed by atoms with E-state index in [2.05, 4.69) is 38.3 Å². The van der Waals surface area contributed by atoms with Gasteiger partial charge < -0.3 is 0 Å². The van der Waals surface area contributed by atoms with Crippen molar-refractivity contribution >= 4 is 28.1 Å². The van der Waals surface area contributed by atoms with Crippen LogP contribution in [0.3, 0.4) is 0 Å². The number of aryl methyl sites for hydroxylation is 1. The predicted molar refractivity (Wildman–Crippen MR) is 107 cm³/mol. The lowest BCUT2D eigenvalue weighted by Crippen LogP contribution is -1.97. The number of hydrogen-bond acceptors (Lipinski definition) is 6. The van der Waals surface area contributed by atoms with Gasteiger partial charge in [-0.15, -0.1) is 11.3 Å². The van der Waals surface area contributed by atoms with Crippen molar-refractivity contribution in [2.75, 3.05) is 6.54 Å². The average molecular weight is 375 g/mol. The summed E-state index contributed by atoms with van der Waals surface area (Å²) in [5.74, 6) is 0.725. The summed E-state index contributed by atoms with van der Waals surface area (Å²) >= 11 is 1.61. The number of nitrogens with zero attached hydrogens (tertiary/aromatic N) is 6. The first-order valence-electron chi connectivity index (χ1n) is 8.66. The summed E-state index contributed by atoms with van der Waals surface area (Å²) in [5, 5.41) is 12.6. The van der Waals surface area contributed by atoms with Gasteiger partial charge >= 0.3 is 0 Å². The molecule has 0 aromatic carbocycles. The molecule has 0 saturated heterocycles. The molecule has 1 N–H and O–H groups in total. The molecule has 134 valence electrons. The second-order valence-corrected chi connectivity index (χ2v) is 7.58. The van der Waals surface area contributed by atoms with Gasteiger partial charge in [0.2, 0.25) is 0 Å². The number of thiazole rings is 1. The summed E-state index contributed by atoms with van der Waals surface area (Å²) in [5.41, 5.74) is 7.31. The fraction of sp³-hybridized carbons (Fsp3) is 0.211. The minimum absolute atomic E-state index is 0.722. The number of rotatable bonds is 3. The Morgan fingerprint density at radius 1 is 1.19 bits per heavy atom. The van der Waals surface area contributed by atoms with E-state index in [1.54, 1.807) is 11.3 Å². The zero-order valence-corrected chi connectivity index (χ0v) is 16.0. The lowest BCUT2D eigenvalue weighted by atomic mass is 10.0. The molecule has 1 aliphatic rings. The molecule has 0 amide bonds. The molecule has 1 aliphatic heterocycles. The summed E-state index contributed by atoms with van der Waals surface area (Å²) in [4.78, 5) is 15.0. The van der Waals surface area contributed by atoms with E-state index >= 15 is 0 Å². The van der Waals surface area contributed by atoms with Crippen molar-refractivity contribution in [2.45, 2.75) is 20.8 Å². The Balaban J connectivity index is 1.78. The molecule has 0 aliphatic carbocycles. The number of aliphatic imine (C=N–C) groups is 1. The van der Waals surface area contributed by atoms with Gasteiger partial charge in [0.1, 0.15) is 11.3 Å². The van der Waals surface area contributed by atoms with Crippen LogP contribution in [0.15, 0.2) is 41.3 Å². The summed E-state index contributed by atoms with van der Waals surface area (Å²) in [6.07, 6.45) is 3.48.